The largest absolute Gasteiger partial charge is 0.427 e. The topological polar surface area (TPSA) is 190 Å². The molecule has 2 aliphatic rings. The second kappa shape index (κ2) is 8.34. The van der Waals surface area contributed by atoms with Crippen LogP contribution in [0.4, 0.5) is 0 Å². The first-order chi connectivity index (χ1) is 12.8. The van der Waals surface area contributed by atoms with Gasteiger partial charge in [0.25, 0.3) is 0 Å². The Hall–Kier alpha value is -1.72. The van der Waals surface area contributed by atoms with E-state index in [1.807, 2.05) is 0 Å². The van der Waals surface area contributed by atoms with E-state index in [2.05, 4.69) is 43.7 Å². The normalized spacial score (nSPS) is 20.4. The summed E-state index contributed by atoms with van der Waals surface area (Å²) in [5.41, 5.74) is -2.16. The van der Waals surface area contributed by atoms with Gasteiger partial charge in [0.1, 0.15) is 23.8 Å². The van der Waals surface area contributed by atoms with Crippen molar-refractivity contribution in [3.05, 3.63) is 0 Å². The second-order valence-electron chi connectivity index (χ2n) is 6.58. The maximum absolute atomic E-state index is 11.6. The molecule has 28 heavy (non-hydrogen) atoms. The summed E-state index contributed by atoms with van der Waals surface area (Å²) in [6.07, 6.45) is 0. The second-order valence-corrected chi connectivity index (χ2v) is 8.76. The zero-order chi connectivity index (χ0) is 21.1. The van der Waals surface area contributed by atoms with E-state index in [9.17, 15) is 16.8 Å². The highest BCUT2D eigenvalue weighted by Gasteiger charge is 2.37. The van der Waals surface area contributed by atoms with E-state index in [0.717, 1.165) is 0 Å². The standard InChI is InChI=1S/C12H22N6O8S2/c1-11(2,9-13-4-5-14-9)17-18-12(3,10-15-6-7-16-10)8-24-28(22,23)26-25-27(19,20)21/h4-8H2,1-3H3,(H,13,14)(H,15,16)(H,19,20,21). The highest BCUT2D eigenvalue weighted by molar-refractivity contribution is 7.83. The monoisotopic (exact) mass is 442 g/mol. The van der Waals surface area contributed by atoms with E-state index < -0.39 is 38.5 Å². The summed E-state index contributed by atoms with van der Waals surface area (Å²) < 4.78 is 64.1. The van der Waals surface area contributed by atoms with Crippen molar-refractivity contribution in [1.82, 2.24) is 10.6 Å². The molecule has 0 aromatic rings. The van der Waals surface area contributed by atoms with Crippen molar-refractivity contribution >= 4 is 32.5 Å². The number of rotatable bonds is 10. The van der Waals surface area contributed by atoms with Crippen LogP contribution in [0.25, 0.3) is 0 Å². The van der Waals surface area contributed by atoms with Gasteiger partial charge in [-0.2, -0.15) is 27.1 Å². The zero-order valence-corrected chi connectivity index (χ0v) is 17.1. The van der Waals surface area contributed by atoms with Gasteiger partial charge in [-0.15, -0.1) is 0 Å². The molecule has 0 saturated heterocycles. The molecule has 14 nitrogen and oxygen atoms in total. The molecular weight excluding hydrogens is 420 g/mol. The Morgan fingerprint density at radius 3 is 2.07 bits per heavy atom. The van der Waals surface area contributed by atoms with Crippen LogP contribution >= 0.6 is 0 Å². The fourth-order valence-corrected chi connectivity index (χ4v) is 3.24. The molecule has 0 bridgehead atoms. The number of hydrogen-bond donors (Lipinski definition) is 3. The maximum Gasteiger partial charge on any atom is 0.427 e. The van der Waals surface area contributed by atoms with E-state index in [0.29, 0.717) is 37.9 Å². The number of nitrogens with zero attached hydrogens (tertiary/aromatic N) is 4. The molecule has 2 aliphatic heterocycles. The van der Waals surface area contributed by atoms with E-state index in [1.54, 1.807) is 13.8 Å². The number of nitrogens with one attached hydrogen (secondary N) is 2. The fourth-order valence-electron chi connectivity index (χ4n) is 2.27. The van der Waals surface area contributed by atoms with Gasteiger partial charge in [-0.3, -0.25) is 14.5 Å². The Bertz CT molecular complexity index is 882. The summed E-state index contributed by atoms with van der Waals surface area (Å²) in [4.78, 5) is 8.51. The van der Waals surface area contributed by atoms with E-state index >= 15 is 0 Å². The van der Waals surface area contributed by atoms with Gasteiger partial charge in [0, 0.05) is 13.1 Å². The van der Waals surface area contributed by atoms with E-state index in [1.165, 1.54) is 6.92 Å². The predicted octanol–water partition coefficient (Wildman–Crippen LogP) is -1.01. The maximum atomic E-state index is 11.6. The van der Waals surface area contributed by atoms with Crippen LogP contribution in [0.2, 0.25) is 0 Å². The Balaban J connectivity index is 2.16. The van der Waals surface area contributed by atoms with Crippen molar-refractivity contribution < 1.29 is 34.2 Å². The summed E-state index contributed by atoms with van der Waals surface area (Å²) in [6, 6.07) is 0. The molecule has 0 radical (unpaired) electrons. The van der Waals surface area contributed by atoms with Gasteiger partial charge in [-0.1, -0.05) is 8.67 Å². The molecule has 0 saturated carbocycles. The zero-order valence-electron chi connectivity index (χ0n) is 15.4. The lowest BCUT2D eigenvalue weighted by Crippen LogP contribution is -2.46. The van der Waals surface area contributed by atoms with Crippen molar-refractivity contribution in [2.45, 2.75) is 31.8 Å². The Morgan fingerprint density at radius 2 is 1.57 bits per heavy atom. The molecule has 0 aromatic heterocycles. The Labute approximate surface area is 162 Å². The summed E-state index contributed by atoms with van der Waals surface area (Å²) in [5, 5.41) is 14.6. The average Bonchev–Trinajstić information content (AvgIpc) is 3.30. The van der Waals surface area contributed by atoms with Gasteiger partial charge in [0.15, 0.2) is 5.54 Å². The summed E-state index contributed by atoms with van der Waals surface area (Å²) in [5.74, 6) is 0.970. The van der Waals surface area contributed by atoms with Crippen molar-refractivity contribution in [3.8, 4) is 0 Å². The molecule has 0 aliphatic carbocycles. The third kappa shape index (κ3) is 6.42. The molecule has 0 spiro atoms. The minimum absolute atomic E-state index is 0.333. The van der Waals surface area contributed by atoms with Crippen LogP contribution < -0.4 is 10.6 Å². The molecule has 1 unspecified atom stereocenters. The summed E-state index contributed by atoms with van der Waals surface area (Å²) in [7, 11) is -10.1. The third-order valence-electron chi connectivity index (χ3n) is 3.64. The van der Waals surface area contributed by atoms with Gasteiger partial charge < -0.3 is 10.6 Å². The van der Waals surface area contributed by atoms with Crippen molar-refractivity contribution in [2.24, 2.45) is 20.2 Å². The number of azo groups is 1. The Kier molecular flexibility index (Phi) is 6.72. The average molecular weight is 442 g/mol. The van der Waals surface area contributed by atoms with Crippen molar-refractivity contribution in [2.75, 3.05) is 32.8 Å². The van der Waals surface area contributed by atoms with Crippen LogP contribution in [0.3, 0.4) is 0 Å². The lowest BCUT2D eigenvalue weighted by Gasteiger charge is -2.26. The van der Waals surface area contributed by atoms with Crippen LogP contribution in [0.5, 0.6) is 0 Å². The first-order valence-electron chi connectivity index (χ1n) is 8.09. The molecule has 3 N–H and O–H groups in total. The van der Waals surface area contributed by atoms with E-state index in [-0.39, 0.29) is 0 Å². The van der Waals surface area contributed by atoms with Crippen LogP contribution in [0, 0.1) is 0 Å². The lowest BCUT2D eigenvalue weighted by molar-refractivity contribution is -0.109. The molecule has 0 fully saturated rings. The van der Waals surface area contributed by atoms with E-state index in [4.69, 9.17) is 4.55 Å². The number of aliphatic imine (C=N–C) groups is 2. The molecule has 16 heteroatoms. The van der Waals surface area contributed by atoms with Gasteiger partial charge in [0.05, 0.1) is 13.1 Å². The molecule has 1 atom stereocenters. The van der Waals surface area contributed by atoms with Crippen molar-refractivity contribution in [3.63, 3.8) is 0 Å². The van der Waals surface area contributed by atoms with Gasteiger partial charge >= 0.3 is 20.8 Å². The molecule has 0 aromatic carbocycles. The smallest absolute Gasteiger partial charge is 0.370 e. The highest BCUT2D eigenvalue weighted by atomic mass is 32.3. The van der Waals surface area contributed by atoms with Crippen molar-refractivity contribution in [1.29, 1.82) is 0 Å². The molecular formula is C12H22N6O8S2. The first kappa shape index (κ1) is 22.6. The first-order valence-corrected chi connectivity index (χ1v) is 10.8. The molecule has 0 amide bonds. The van der Waals surface area contributed by atoms with Crippen LogP contribution in [-0.4, -0.2) is 76.9 Å². The quantitative estimate of drug-likeness (QED) is 0.163. The molecule has 2 rings (SSSR count). The number of hydrogen-bond acceptors (Lipinski definition) is 13. The van der Waals surface area contributed by atoms with Gasteiger partial charge in [-0.05, 0) is 20.8 Å². The van der Waals surface area contributed by atoms with Crippen LogP contribution in [0.15, 0.2) is 20.2 Å². The fraction of sp³-hybridized carbons (Fsp3) is 0.833. The van der Waals surface area contributed by atoms with Gasteiger partial charge in [-0.25, -0.2) is 4.18 Å². The summed E-state index contributed by atoms with van der Waals surface area (Å²) in [6.45, 7) is 6.72. The van der Waals surface area contributed by atoms with Gasteiger partial charge in [0.2, 0.25) is 0 Å². The highest BCUT2D eigenvalue weighted by Crippen LogP contribution is 2.21. The Morgan fingerprint density at radius 1 is 1.00 bits per heavy atom. The SMILES string of the molecule is CC(C)(N=NC(C)(COS(=O)(=O)OOS(=O)(=O)O)C1=NCCN1)C1=NCCN1. The third-order valence-corrected chi connectivity index (χ3v) is 4.61. The minimum Gasteiger partial charge on any atom is -0.370 e. The lowest BCUT2D eigenvalue weighted by atomic mass is 10.0. The van der Waals surface area contributed by atoms with Crippen LogP contribution in [0.1, 0.15) is 20.8 Å². The summed E-state index contributed by atoms with van der Waals surface area (Å²) >= 11 is 0. The van der Waals surface area contributed by atoms with Crippen LogP contribution in [-0.2, 0) is 33.6 Å². The minimum atomic E-state index is -5.15. The number of amidine groups is 2. The molecule has 2 heterocycles. The molecule has 160 valence electrons. The predicted molar refractivity (Wildman–Crippen MR) is 96.5 cm³/mol.